The lowest BCUT2D eigenvalue weighted by Crippen LogP contribution is -2.08. The minimum absolute atomic E-state index is 0.673. The van der Waals surface area contributed by atoms with Gasteiger partial charge in [-0.25, -0.2) is 4.98 Å². The molecule has 2 heterocycles. The average molecular weight is 267 g/mol. The summed E-state index contributed by atoms with van der Waals surface area (Å²) >= 11 is 0. The van der Waals surface area contributed by atoms with Crippen molar-refractivity contribution >= 4 is 10.9 Å². The lowest BCUT2D eigenvalue weighted by Gasteiger charge is -2.13. The van der Waals surface area contributed by atoms with Crippen LogP contribution in [0.4, 0.5) is 0 Å². The summed E-state index contributed by atoms with van der Waals surface area (Å²) in [6.07, 6.45) is 2.88. The van der Waals surface area contributed by atoms with Gasteiger partial charge in [-0.1, -0.05) is 12.1 Å². The highest BCUT2D eigenvalue weighted by atomic mass is 16.3. The number of aromatic nitrogens is 3. The summed E-state index contributed by atoms with van der Waals surface area (Å²) in [5.41, 5.74) is 2.77. The Morgan fingerprint density at radius 2 is 2.10 bits per heavy atom. The van der Waals surface area contributed by atoms with Crippen LogP contribution in [0.2, 0.25) is 0 Å². The number of nitrogens with zero attached hydrogens (tertiary/aromatic N) is 3. The Hall–Kier alpha value is -2.20. The van der Waals surface area contributed by atoms with Crippen molar-refractivity contribution < 1.29 is 5.11 Å². The van der Waals surface area contributed by atoms with Gasteiger partial charge in [-0.15, -0.1) is 0 Å². The van der Waals surface area contributed by atoms with E-state index in [0.29, 0.717) is 5.82 Å². The van der Waals surface area contributed by atoms with Crippen molar-refractivity contribution in [3.63, 3.8) is 0 Å². The standard InChI is InChI=1S/C16H17N3O/c1-3-19-9-8-17-16(19)15(20)13-6-7-14-12(10-13)5-4-11(2)18-14/h4-10,15,20H,3H2,1-2H3. The minimum Gasteiger partial charge on any atom is -0.380 e. The fourth-order valence-corrected chi connectivity index (χ4v) is 2.40. The van der Waals surface area contributed by atoms with Crippen LogP contribution >= 0.6 is 0 Å². The summed E-state index contributed by atoms with van der Waals surface area (Å²) in [4.78, 5) is 8.72. The Kier molecular flexibility index (Phi) is 3.24. The molecule has 1 aromatic carbocycles. The SMILES string of the molecule is CCn1ccnc1C(O)c1ccc2nc(C)ccc2c1. The molecule has 1 N–H and O–H groups in total. The molecule has 0 bridgehead atoms. The molecule has 0 spiro atoms. The average Bonchev–Trinajstić information content (AvgIpc) is 2.94. The molecule has 2 aromatic heterocycles. The fourth-order valence-electron chi connectivity index (χ4n) is 2.40. The van der Waals surface area contributed by atoms with Crippen molar-refractivity contribution in [3.8, 4) is 0 Å². The first-order valence-corrected chi connectivity index (χ1v) is 6.75. The number of hydrogen-bond acceptors (Lipinski definition) is 3. The molecule has 3 rings (SSSR count). The van der Waals surface area contributed by atoms with E-state index in [4.69, 9.17) is 0 Å². The largest absolute Gasteiger partial charge is 0.380 e. The summed E-state index contributed by atoms with van der Waals surface area (Å²) in [6.45, 7) is 4.80. The lowest BCUT2D eigenvalue weighted by molar-refractivity contribution is 0.205. The number of aliphatic hydroxyl groups is 1. The first-order valence-electron chi connectivity index (χ1n) is 6.75. The molecule has 4 nitrogen and oxygen atoms in total. The van der Waals surface area contributed by atoms with Crippen molar-refractivity contribution in [1.29, 1.82) is 0 Å². The second kappa shape index (κ2) is 5.06. The number of hydrogen-bond donors (Lipinski definition) is 1. The summed E-state index contributed by atoms with van der Waals surface area (Å²) in [7, 11) is 0. The molecule has 0 radical (unpaired) electrons. The highest BCUT2D eigenvalue weighted by Gasteiger charge is 2.16. The molecule has 0 saturated carbocycles. The molecule has 4 heteroatoms. The molecule has 0 saturated heterocycles. The van der Waals surface area contributed by atoms with Gasteiger partial charge in [0.25, 0.3) is 0 Å². The Morgan fingerprint density at radius 1 is 1.25 bits per heavy atom. The molecule has 0 aliphatic rings. The summed E-state index contributed by atoms with van der Waals surface area (Å²) < 4.78 is 1.95. The second-order valence-corrected chi connectivity index (χ2v) is 4.88. The number of imidazole rings is 1. The quantitative estimate of drug-likeness (QED) is 0.794. The third-order valence-corrected chi connectivity index (χ3v) is 3.50. The van der Waals surface area contributed by atoms with Crippen molar-refractivity contribution in [2.75, 3.05) is 0 Å². The van der Waals surface area contributed by atoms with Crippen LogP contribution in [0.5, 0.6) is 0 Å². The number of benzene rings is 1. The van der Waals surface area contributed by atoms with Gasteiger partial charge >= 0.3 is 0 Å². The Balaban J connectivity index is 2.03. The predicted molar refractivity (Wildman–Crippen MR) is 78.4 cm³/mol. The van der Waals surface area contributed by atoms with E-state index in [9.17, 15) is 5.11 Å². The maximum absolute atomic E-state index is 10.5. The molecular formula is C16H17N3O. The van der Waals surface area contributed by atoms with Gasteiger partial charge in [0.05, 0.1) is 5.52 Å². The van der Waals surface area contributed by atoms with Crippen molar-refractivity contribution in [2.45, 2.75) is 26.5 Å². The molecule has 1 atom stereocenters. The van der Waals surface area contributed by atoms with Gasteiger partial charge in [0, 0.05) is 30.0 Å². The smallest absolute Gasteiger partial charge is 0.142 e. The van der Waals surface area contributed by atoms with Crippen LogP contribution < -0.4 is 0 Å². The van der Waals surface area contributed by atoms with Gasteiger partial charge in [-0.05, 0) is 37.6 Å². The van der Waals surface area contributed by atoms with Crippen molar-refractivity contribution in [3.05, 3.63) is 59.8 Å². The van der Waals surface area contributed by atoms with Crippen LogP contribution in [0.3, 0.4) is 0 Å². The molecule has 102 valence electrons. The topological polar surface area (TPSA) is 50.9 Å². The van der Waals surface area contributed by atoms with Crippen molar-refractivity contribution in [1.82, 2.24) is 14.5 Å². The molecule has 1 unspecified atom stereocenters. The number of aryl methyl sites for hydroxylation is 2. The van der Waals surface area contributed by atoms with E-state index >= 15 is 0 Å². The number of fused-ring (bicyclic) bond motifs is 1. The highest BCUT2D eigenvalue weighted by Crippen LogP contribution is 2.24. The van der Waals surface area contributed by atoms with E-state index in [2.05, 4.69) is 9.97 Å². The van der Waals surface area contributed by atoms with Gasteiger partial charge in [0.15, 0.2) is 0 Å². The molecule has 20 heavy (non-hydrogen) atoms. The van der Waals surface area contributed by atoms with E-state index in [1.165, 1.54) is 0 Å². The molecule has 0 aliphatic carbocycles. The maximum Gasteiger partial charge on any atom is 0.142 e. The molecule has 0 fully saturated rings. The fraction of sp³-hybridized carbons (Fsp3) is 0.250. The Bertz CT molecular complexity index is 748. The van der Waals surface area contributed by atoms with E-state index in [1.807, 2.05) is 54.9 Å². The van der Waals surface area contributed by atoms with E-state index in [1.54, 1.807) is 6.20 Å². The normalized spacial score (nSPS) is 12.8. The zero-order valence-corrected chi connectivity index (χ0v) is 11.6. The minimum atomic E-state index is -0.712. The van der Waals surface area contributed by atoms with Gasteiger partial charge in [0.1, 0.15) is 11.9 Å². The van der Waals surface area contributed by atoms with Crippen molar-refractivity contribution in [2.24, 2.45) is 0 Å². The van der Waals surface area contributed by atoms with E-state index in [-0.39, 0.29) is 0 Å². The molecule has 0 amide bonds. The zero-order chi connectivity index (χ0) is 14.1. The van der Waals surface area contributed by atoms with Gasteiger partial charge < -0.3 is 9.67 Å². The number of pyridine rings is 1. The number of rotatable bonds is 3. The van der Waals surface area contributed by atoms with Crippen LogP contribution in [0, 0.1) is 6.92 Å². The Morgan fingerprint density at radius 3 is 2.90 bits per heavy atom. The van der Waals surface area contributed by atoms with Crippen LogP contribution in [-0.4, -0.2) is 19.6 Å². The molecule has 0 aliphatic heterocycles. The first kappa shape index (κ1) is 12.8. The monoisotopic (exact) mass is 267 g/mol. The van der Waals surface area contributed by atoms with E-state index in [0.717, 1.165) is 28.7 Å². The van der Waals surface area contributed by atoms with Gasteiger partial charge in [0.2, 0.25) is 0 Å². The van der Waals surface area contributed by atoms with Gasteiger partial charge in [-0.3, -0.25) is 4.98 Å². The van der Waals surface area contributed by atoms with Gasteiger partial charge in [-0.2, -0.15) is 0 Å². The second-order valence-electron chi connectivity index (χ2n) is 4.88. The maximum atomic E-state index is 10.5. The third kappa shape index (κ3) is 2.18. The van der Waals surface area contributed by atoms with Crippen LogP contribution in [0.1, 0.15) is 30.1 Å². The third-order valence-electron chi connectivity index (χ3n) is 3.50. The summed E-state index contributed by atoms with van der Waals surface area (Å²) in [5, 5.41) is 11.5. The summed E-state index contributed by atoms with van der Waals surface area (Å²) in [5.74, 6) is 0.673. The summed E-state index contributed by atoms with van der Waals surface area (Å²) in [6, 6.07) is 9.83. The highest BCUT2D eigenvalue weighted by molar-refractivity contribution is 5.79. The number of aliphatic hydroxyl groups excluding tert-OH is 1. The molecular weight excluding hydrogens is 250 g/mol. The van der Waals surface area contributed by atoms with Crippen LogP contribution in [0.25, 0.3) is 10.9 Å². The lowest BCUT2D eigenvalue weighted by atomic mass is 10.1. The molecule has 3 aromatic rings. The van der Waals surface area contributed by atoms with Crippen LogP contribution in [0.15, 0.2) is 42.7 Å². The van der Waals surface area contributed by atoms with Crippen LogP contribution in [-0.2, 0) is 6.54 Å². The zero-order valence-electron chi connectivity index (χ0n) is 11.6. The van der Waals surface area contributed by atoms with E-state index < -0.39 is 6.10 Å². The predicted octanol–water partition coefficient (Wildman–Crippen LogP) is 2.84. The Labute approximate surface area is 117 Å². The first-order chi connectivity index (χ1) is 9.69.